The van der Waals surface area contributed by atoms with Crippen LogP contribution in [0.3, 0.4) is 0 Å². The van der Waals surface area contributed by atoms with Crippen molar-refractivity contribution in [1.29, 1.82) is 0 Å². The van der Waals surface area contributed by atoms with E-state index in [-0.39, 0.29) is 12.6 Å². The van der Waals surface area contributed by atoms with Crippen molar-refractivity contribution in [1.82, 2.24) is 0 Å². The van der Waals surface area contributed by atoms with Gasteiger partial charge in [-0.3, -0.25) is 0 Å². The summed E-state index contributed by atoms with van der Waals surface area (Å²) in [5.41, 5.74) is 2.86. The summed E-state index contributed by atoms with van der Waals surface area (Å²) in [7, 11) is 4.71. The van der Waals surface area contributed by atoms with Gasteiger partial charge >= 0.3 is 5.97 Å². The van der Waals surface area contributed by atoms with Gasteiger partial charge in [0.05, 0.1) is 33.5 Å². The molecular formula is C21H22O6. The molecule has 0 saturated heterocycles. The van der Waals surface area contributed by atoms with Crippen LogP contribution < -0.4 is 18.9 Å². The molecule has 142 valence electrons. The Labute approximate surface area is 158 Å². The monoisotopic (exact) mass is 370 g/mol. The number of carbonyl (C=O) groups excluding carboxylic acids is 1. The summed E-state index contributed by atoms with van der Waals surface area (Å²) in [4.78, 5) is 12.4. The summed E-state index contributed by atoms with van der Waals surface area (Å²) >= 11 is 0. The Balaban J connectivity index is 2.08. The van der Waals surface area contributed by atoms with Gasteiger partial charge in [-0.25, -0.2) is 4.79 Å². The molecule has 0 saturated carbocycles. The Morgan fingerprint density at radius 2 is 1.63 bits per heavy atom. The number of ether oxygens (including phenoxy) is 5. The third-order valence-electron chi connectivity index (χ3n) is 4.28. The van der Waals surface area contributed by atoms with Crippen LogP contribution in [-0.4, -0.2) is 33.9 Å². The van der Waals surface area contributed by atoms with E-state index >= 15 is 0 Å². The van der Waals surface area contributed by atoms with Gasteiger partial charge in [-0.05, 0) is 48.4 Å². The van der Waals surface area contributed by atoms with E-state index in [4.69, 9.17) is 23.7 Å². The summed E-state index contributed by atoms with van der Waals surface area (Å²) in [6, 6.07) is 9.13. The maximum absolute atomic E-state index is 12.4. The molecule has 0 atom stereocenters. The highest BCUT2D eigenvalue weighted by molar-refractivity contribution is 6.22. The average molecular weight is 370 g/mol. The predicted octanol–water partition coefficient (Wildman–Crippen LogP) is 3.71. The average Bonchev–Trinajstić information content (AvgIpc) is 2.70. The normalized spacial score (nSPS) is 14.4. The number of hydrogen-bond acceptors (Lipinski definition) is 6. The van der Waals surface area contributed by atoms with Crippen LogP contribution in [-0.2, 0) is 16.1 Å². The molecule has 0 unspecified atom stereocenters. The number of rotatable bonds is 6. The Kier molecular flexibility index (Phi) is 5.54. The third-order valence-corrected chi connectivity index (χ3v) is 4.28. The first kappa shape index (κ1) is 18.6. The molecule has 0 radical (unpaired) electrons. The first-order valence-corrected chi connectivity index (χ1v) is 8.56. The predicted molar refractivity (Wildman–Crippen MR) is 101 cm³/mol. The van der Waals surface area contributed by atoms with Crippen LogP contribution >= 0.6 is 0 Å². The van der Waals surface area contributed by atoms with Gasteiger partial charge in [-0.2, -0.15) is 0 Å². The van der Waals surface area contributed by atoms with E-state index in [1.807, 2.05) is 31.2 Å². The lowest BCUT2D eigenvalue weighted by Gasteiger charge is -2.21. The van der Waals surface area contributed by atoms with Crippen LogP contribution in [0, 0.1) is 0 Å². The number of methoxy groups -OCH3 is 3. The lowest BCUT2D eigenvalue weighted by Crippen LogP contribution is -2.15. The maximum Gasteiger partial charge on any atom is 0.339 e. The molecule has 2 aromatic rings. The number of esters is 1. The lowest BCUT2D eigenvalue weighted by molar-refractivity contribution is -0.138. The number of cyclic esters (lactones) is 1. The van der Waals surface area contributed by atoms with Gasteiger partial charge in [0.1, 0.15) is 6.61 Å². The minimum absolute atomic E-state index is 0.193. The summed E-state index contributed by atoms with van der Waals surface area (Å²) < 4.78 is 27.0. The van der Waals surface area contributed by atoms with Crippen molar-refractivity contribution in [2.45, 2.75) is 13.5 Å². The zero-order chi connectivity index (χ0) is 19.4. The lowest BCUT2D eigenvalue weighted by atomic mass is 9.95. The van der Waals surface area contributed by atoms with Gasteiger partial charge in [0, 0.05) is 5.56 Å². The van der Waals surface area contributed by atoms with Gasteiger partial charge in [-0.1, -0.05) is 6.07 Å². The first-order chi connectivity index (χ1) is 13.1. The Morgan fingerprint density at radius 1 is 0.963 bits per heavy atom. The van der Waals surface area contributed by atoms with E-state index in [0.717, 1.165) is 16.7 Å². The molecule has 0 bridgehead atoms. The SMILES string of the molecule is CCOc1ccc(/C=C2\C(=O)OCc3cc(OC)c(OC)cc32)cc1OC. The molecule has 3 rings (SSSR count). The Hall–Kier alpha value is -3.15. The number of hydrogen-bond donors (Lipinski definition) is 0. The summed E-state index contributed by atoms with van der Waals surface area (Å²) in [6.07, 6.45) is 1.77. The fraction of sp³-hybridized carbons (Fsp3) is 0.286. The van der Waals surface area contributed by atoms with E-state index in [1.54, 1.807) is 33.5 Å². The summed E-state index contributed by atoms with van der Waals surface area (Å²) in [5, 5.41) is 0. The van der Waals surface area contributed by atoms with Crippen LogP contribution in [0.1, 0.15) is 23.6 Å². The molecular weight excluding hydrogens is 348 g/mol. The summed E-state index contributed by atoms with van der Waals surface area (Å²) in [5.74, 6) is 2.02. The smallest absolute Gasteiger partial charge is 0.339 e. The van der Waals surface area contributed by atoms with Crippen molar-refractivity contribution in [2.24, 2.45) is 0 Å². The number of fused-ring (bicyclic) bond motifs is 1. The van der Waals surface area contributed by atoms with Crippen LogP contribution in [0.4, 0.5) is 0 Å². The zero-order valence-electron chi connectivity index (χ0n) is 15.8. The minimum Gasteiger partial charge on any atom is -0.493 e. The van der Waals surface area contributed by atoms with Gasteiger partial charge in [0.15, 0.2) is 23.0 Å². The second kappa shape index (κ2) is 8.03. The molecule has 6 nitrogen and oxygen atoms in total. The molecule has 0 fully saturated rings. The van der Waals surface area contributed by atoms with E-state index in [1.165, 1.54) is 0 Å². The van der Waals surface area contributed by atoms with E-state index in [0.29, 0.717) is 35.2 Å². The topological polar surface area (TPSA) is 63.2 Å². The molecule has 0 amide bonds. The van der Waals surface area contributed by atoms with Gasteiger partial charge in [0.25, 0.3) is 0 Å². The van der Waals surface area contributed by atoms with Crippen molar-refractivity contribution >= 4 is 17.6 Å². The first-order valence-electron chi connectivity index (χ1n) is 8.56. The highest BCUT2D eigenvalue weighted by Gasteiger charge is 2.25. The summed E-state index contributed by atoms with van der Waals surface area (Å²) in [6.45, 7) is 2.64. The molecule has 0 N–H and O–H groups in total. The van der Waals surface area contributed by atoms with Gasteiger partial charge in [-0.15, -0.1) is 0 Å². The van der Waals surface area contributed by atoms with Crippen molar-refractivity contribution in [3.05, 3.63) is 47.0 Å². The molecule has 1 heterocycles. The fourth-order valence-corrected chi connectivity index (χ4v) is 2.97. The van der Waals surface area contributed by atoms with Crippen LogP contribution in [0.25, 0.3) is 11.6 Å². The second-order valence-corrected chi connectivity index (χ2v) is 5.84. The highest BCUT2D eigenvalue weighted by atomic mass is 16.5. The standard InChI is InChI=1S/C21H22O6/c1-5-26-17-7-6-13(9-18(17)23-2)8-16-15-11-20(25-4)19(24-3)10-14(15)12-27-21(16)22/h6-11H,5,12H2,1-4H3/b16-8-. The molecule has 0 aliphatic carbocycles. The largest absolute Gasteiger partial charge is 0.493 e. The van der Waals surface area contributed by atoms with E-state index in [2.05, 4.69) is 0 Å². The quantitative estimate of drug-likeness (QED) is 0.571. The van der Waals surface area contributed by atoms with Crippen LogP contribution in [0.5, 0.6) is 23.0 Å². The van der Waals surface area contributed by atoms with Crippen molar-refractivity contribution < 1.29 is 28.5 Å². The van der Waals surface area contributed by atoms with Crippen LogP contribution in [0.15, 0.2) is 30.3 Å². The van der Waals surface area contributed by atoms with Crippen molar-refractivity contribution in [3.63, 3.8) is 0 Å². The van der Waals surface area contributed by atoms with Crippen molar-refractivity contribution in [3.8, 4) is 23.0 Å². The number of benzene rings is 2. The molecule has 0 spiro atoms. The molecule has 0 aromatic heterocycles. The molecule has 2 aromatic carbocycles. The van der Waals surface area contributed by atoms with Gasteiger partial charge < -0.3 is 23.7 Å². The van der Waals surface area contributed by atoms with Gasteiger partial charge in [0.2, 0.25) is 0 Å². The zero-order valence-corrected chi connectivity index (χ0v) is 15.8. The Morgan fingerprint density at radius 3 is 2.30 bits per heavy atom. The molecule has 6 heteroatoms. The molecule has 1 aliphatic heterocycles. The van der Waals surface area contributed by atoms with E-state index in [9.17, 15) is 4.79 Å². The highest BCUT2D eigenvalue weighted by Crippen LogP contribution is 2.38. The molecule has 27 heavy (non-hydrogen) atoms. The minimum atomic E-state index is -0.387. The Bertz CT molecular complexity index is 884. The van der Waals surface area contributed by atoms with E-state index < -0.39 is 0 Å². The molecule has 1 aliphatic rings. The van der Waals surface area contributed by atoms with Crippen LogP contribution in [0.2, 0.25) is 0 Å². The second-order valence-electron chi connectivity index (χ2n) is 5.84. The fourth-order valence-electron chi connectivity index (χ4n) is 2.97. The van der Waals surface area contributed by atoms with Crippen molar-refractivity contribution in [2.75, 3.05) is 27.9 Å². The third kappa shape index (κ3) is 3.69. The maximum atomic E-state index is 12.4. The number of carbonyl (C=O) groups is 1.